The molecule has 8 nitrogen and oxygen atoms in total. The molecule has 2 amide bonds. The molecule has 0 saturated carbocycles. The maximum absolute atomic E-state index is 12.3. The topological polar surface area (TPSA) is 82.4 Å². The molecule has 0 spiro atoms. The Morgan fingerprint density at radius 2 is 2.23 bits per heavy atom. The number of urea groups is 1. The number of hydrogen-bond acceptors (Lipinski definition) is 7. The number of ether oxygens (including phenoxy) is 1. The van der Waals surface area contributed by atoms with Gasteiger partial charge in [-0.25, -0.2) is 9.78 Å². The molecule has 0 fully saturated rings. The Bertz CT molecular complexity index is 660. The second-order valence-electron chi connectivity index (χ2n) is 6.04. The minimum atomic E-state index is -0.262. The molecule has 0 atom stereocenters. The van der Waals surface area contributed by atoms with Crippen LogP contribution in [0.1, 0.15) is 31.5 Å². The van der Waals surface area contributed by atoms with Gasteiger partial charge >= 0.3 is 6.03 Å². The highest BCUT2D eigenvalue weighted by atomic mass is 32.1. The van der Waals surface area contributed by atoms with Gasteiger partial charge in [-0.3, -0.25) is 4.90 Å². The molecule has 2 aliphatic rings. The Morgan fingerprint density at radius 3 is 2.86 bits per heavy atom. The Kier molecular flexibility index (Phi) is 3.61. The van der Waals surface area contributed by atoms with E-state index >= 15 is 0 Å². The average Bonchev–Trinajstić information content (AvgIpc) is 3.07. The smallest absolute Gasteiger partial charge is 0.351 e. The molecule has 2 aliphatic heterocycles. The SMILES string of the molecule is COCN1N=NC2=C(c3nc(C(C)(C)C)cs3)NCN2C1=O. The first-order chi connectivity index (χ1) is 10.4. The standard InChI is InChI=1S/C13H18N6O2S/c1-13(2,3)8-5-22-11(15-8)9-10-16-17-19(7-21-4)12(20)18(10)6-14-9/h5,14H,6-7H2,1-4H3. The first kappa shape index (κ1) is 14.9. The van der Waals surface area contributed by atoms with Crippen molar-refractivity contribution in [2.75, 3.05) is 20.5 Å². The molecule has 0 saturated heterocycles. The summed E-state index contributed by atoms with van der Waals surface area (Å²) in [6, 6.07) is -0.262. The Balaban J connectivity index is 1.94. The van der Waals surface area contributed by atoms with Crippen molar-refractivity contribution >= 4 is 23.1 Å². The van der Waals surface area contributed by atoms with Crippen molar-refractivity contribution in [3.8, 4) is 0 Å². The van der Waals surface area contributed by atoms with Gasteiger partial charge in [0, 0.05) is 17.9 Å². The van der Waals surface area contributed by atoms with Crippen LogP contribution < -0.4 is 5.32 Å². The van der Waals surface area contributed by atoms with Crippen molar-refractivity contribution in [2.45, 2.75) is 26.2 Å². The maximum Gasteiger partial charge on any atom is 0.351 e. The Hall–Kier alpha value is -2.00. The molecule has 22 heavy (non-hydrogen) atoms. The van der Waals surface area contributed by atoms with Crippen molar-refractivity contribution in [3.05, 3.63) is 21.9 Å². The highest BCUT2D eigenvalue weighted by Gasteiger charge is 2.36. The molecule has 3 heterocycles. The van der Waals surface area contributed by atoms with E-state index in [4.69, 9.17) is 4.74 Å². The van der Waals surface area contributed by atoms with E-state index in [1.54, 1.807) is 0 Å². The van der Waals surface area contributed by atoms with Gasteiger partial charge in [0.15, 0.2) is 5.82 Å². The van der Waals surface area contributed by atoms with E-state index < -0.39 is 0 Å². The van der Waals surface area contributed by atoms with Crippen molar-refractivity contribution in [3.63, 3.8) is 0 Å². The number of amides is 2. The normalized spacial score (nSPS) is 18.1. The highest BCUT2D eigenvalue weighted by Crippen LogP contribution is 2.32. The number of fused-ring (bicyclic) bond motifs is 1. The summed E-state index contributed by atoms with van der Waals surface area (Å²) in [5, 5.41) is 15.2. The van der Waals surface area contributed by atoms with Crippen LogP contribution in [0.3, 0.4) is 0 Å². The summed E-state index contributed by atoms with van der Waals surface area (Å²) in [4.78, 5) is 18.4. The summed E-state index contributed by atoms with van der Waals surface area (Å²) in [5.74, 6) is 0.507. The lowest BCUT2D eigenvalue weighted by Crippen LogP contribution is -2.42. The monoisotopic (exact) mass is 322 g/mol. The predicted molar refractivity (Wildman–Crippen MR) is 81.5 cm³/mol. The van der Waals surface area contributed by atoms with E-state index in [2.05, 4.69) is 41.4 Å². The number of carbonyl (C=O) groups excluding carboxylic acids is 1. The van der Waals surface area contributed by atoms with Gasteiger partial charge in [0.1, 0.15) is 17.4 Å². The fraction of sp³-hybridized carbons (Fsp3) is 0.538. The molecule has 118 valence electrons. The second kappa shape index (κ2) is 5.33. The van der Waals surface area contributed by atoms with Crippen LogP contribution in [-0.4, -0.2) is 41.4 Å². The van der Waals surface area contributed by atoms with Gasteiger partial charge in [0.05, 0.1) is 12.4 Å². The summed E-state index contributed by atoms with van der Waals surface area (Å²) in [5.41, 5.74) is 1.74. The van der Waals surface area contributed by atoms with Crippen molar-refractivity contribution in [2.24, 2.45) is 10.3 Å². The van der Waals surface area contributed by atoms with E-state index in [0.29, 0.717) is 12.5 Å². The molecule has 0 radical (unpaired) electrons. The van der Waals surface area contributed by atoms with Crippen molar-refractivity contribution < 1.29 is 9.53 Å². The molecule has 9 heteroatoms. The van der Waals surface area contributed by atoms with Crippen LogP contribution in [0.4, 0.5) is 4.79 Å². The van der Waals surface area contributed by atoms with E-state index in [1.165, 1.54) is 28.4 Å². The molecule has 0 unspecified atom stereocenters. The first-order valence-electron chi connectivity index (χ1n) is 6.86. The lowest BCUT2D eigenvalue weighted by Gasteiger charge is -2.25. The summed E-state index contributed by atoms with van der Waals surface area (Å²) in [6.45, 7) is 6.78. The lowest BCUT2D eigenvalue weighted by molar-refractivity contribution is 0.0599. The Labute approximate surface area is 132 Å². The number of thiazole rings is 1. The number of nitrogens with zero attached hydrogens (tertiary/aromatic N) is 5. The third kappa shape index (κ3) is 2.46. The van der Waals surface area contributed by atoms with E-state index in [-0.39, 0.29) is 18.2 Å². The zero-order valence-corrected chi connectivity index (χ0v) is 13.8. The molecular formula is C13H18N6O2S. The van der Waals surface area contributed by atoms with Crippen LogP contribution in [0.15, 0.2) is 21.5 Å². The molecular weight excluding hydrogens is 304 g/mol. The molecule has 1 N–H and O–H groups in total. The van der Waals surface area contributed by atoms with Gasteiger partial charge in [0.25, 0.3) is 0 Å². The molecule has 1 aromatic rings. The van der Waals surface area contributed by atoms with Gasteiger partial charge in [-0.1, -0.05) is 26.0 Å². The summed E-state index contributed by atoms with van der Waals surface area (Å²) < 4.78 is 4.93. The number of rotatable bonds is 3. The zero-order chi connectivity index (χ0) is 15.9. The van der Waals surface area contributed by atoms with Gasteiger partial charge in [-0.05, 0) is 0 Å². The second-order valence-corrected chi connectivity index (χ2v) is 6.90. The van der Waals surface area contributed by atoms with E-state index in [1.807, 2.05) is 5.38 Å². The van der Waals surface area contributed by atoms with Gasteiger partial charge in [-0.2, -0.15) is 5.01 Å². The third-order valence-corrected chi connectivity index (χ3v) is 4.19. The summed E-state index contributed by atoms with van der Waals surface area (Å²) in [6.07, 6.45) is 0. The Morgan fingerprint density at radius 1 is 1.45 bits per heavy atom. The first-order valence-corrected chi connectivity index (χ1v) is 7.74. The minimum Gasteiger partial charge on any atom is -0.362 e. The lowest BCUT2D eigenvalue weighted by atomic mass is 9.93. The molecule has 0 aliphatic carbocycles. The maximum atomic E-state index is 12.3. The van der Waals surface area contributed by atoms with Crippen LogP contribution >= 0.6 is 11.3 Å². The summed E-state index contributed by atoms with van der Waals surface area (Å²) in [7, 11) is 1.51. The number of aromatic nitrogens is 1. The van der Waals surface area contributed by atoms with Gasteiger partial charge in [0.2, 0.25) is 0 Å². The van der Waals surface area contributed by atoms with Crippen LogP contribution in [0.5, 0.6) is 0 Å². The number of hydrogen-bond donors (Lipinski definition) is 1. The van der Waals surface area contributed by atoms with E-state index in [9.17, 15) is 4.79 Å². The number of carbonyl (C=O) groups is 1. The fourth-order valence-corrected chi connectivity index (χ4v) is 3.15. The highest BCUT2D eigenvalue weighted by molar-refractivity contribution is 7.10. The average molecular weight is 322 g/mol. The molecule has 0 aromatic carbocycles. The zero-order valence-electron chi connectivity index (χ0n) is 13.0. The predicted octanol–water partition coefficient (Wildman–Crippen LogP) is 2.34. The van der Waals surface area contributed by atoms with Crippen LogP contribution in [0, 0.1) is 0 Å². The quantitative estimate of drug-likeness (QED) is 0.926. The van der Waals surface area contributed by atoms with E-state index in [0.717, 1.165) is 16.4 Å². The third-order valence-electron chi connectivity index (χ3n) is 3.33. The van der Waals surface area contributed by atoms with Crippen molar-refractivity contribution in [1.82, 2.24) is 20.2 Å². The largest absolute Gasteiger partial charge is 0.362 e. The fourth-order valence-electron chi connectivity index (χ4n) is 2.09. The van der Waals surface area contributed by atoms with Gasteiger partial charge in [-0.15, -0.1) is 16.5 Å². The van der Waals surface area contributed by atoms with Crippen LogP contribution in [0.2, 0.25) is 0 Å². The number of methoxy groups -OCH3 is 1. The molecule has 3 rings (SSSR count). The molecule has 1 aromatic heterocycles. The minimum absolute atomic E-state index is 0.0164. The summed E-state index contributed by atoms with van der Waals surface area (Å²) >= 11 is 1.53. The van der Waals surface area contributed by atoms with Gasteiger partial charge < -0.3 is 10.1 Å². The number of nitrogens with one attached hydrogen (secondary N) is 1. The van der Waals surface area contributed by atoms with Crippen molar-refractivity contribution in [1.29, 1.82) is 0 Å². The van der Waals surface area contributed by atoms with Crippen LogP contribution in [0.25, 0.3) is 5.70 Å². The molecule has 0 bridgehead atoms. The van der Waals surface area contributed by atoms with Crippen LogP contribution in [-0.2, 0) is 10.2 Å².